The van der Waals surface area contributed by atoms with Crippen LogP contribution in [0.5, 0.6) is 0 Å². The van der Waals surface area contributed by atoms with Gasteiger partial charge in [0.2, 0.25) is 0 Å². The van der Waals surface area contributed by atoms with Crippen molar-refractivity contribution in [1.82, 2.24) is 24.3 Å². The van der Waals surface area contributed by atoms with E-state index in [1.807, 2.05) is 0 Å². The van der Waals surface area contributed by atoms with Crippen LogP contribution in [-0.2, 0) is 0 Å². The van der Waals surface area contributed by atoms with Gasteiger partial charge >= 0.3 is 0 Å². The molecule has 3 aromatic rings. The molecule has 2 aliphatic heterocycles. The first-order chi connectivity index (χ1) is 18.1. The van der Waals surface area contributed by atoms with Crippen LogP contribution >= 0.6 is 23.2 Å². The summed E-state index contributed by atoms with van der Waals surface area (Å²) in [5.41, 5.74) is 1.79. The number of benzene rings is 1. The molecule has 202 valence electrons. The Kier molecular flexibility index (Phi) is 7.37. The summed E-state index contributed by atoms with van der Waals surface area (Å²) in [7, 11) is 0. The number of likely N-dealkylation sites (tertiary alicyclic amines) is 1. The van der Waals surface area contributed by atoms with Crippen molar-refractivity contribution in [2.45, 2.75) is 38.7 Å². The Labute approximate surface area is 229 Å². The maximum Gasteiger partial charge on any atom is 0.270 e. The van der Waals surface area contributed by atoms with Gasteiger partial charge in [0.15, 0.2) is 0 Å². The molecule has 0 spiro atoms. The molecule has 0 N–H and O–H groups in total. The number of amides is 2. The fraction of sp³-hybridized carbons (Fsp3) is 0.444. The van der Waals surface area contributed by atoms with Gasteiger partial charge in [-0.1, -0.05) is 23.2 Å². The first-order valence-electron chi connectivity index (χ1n) is 12.7. The Hall–Kier alpha value is -2.75. The molecule has 0 unspecified atom stereocenters. The second-order valence-corrected chi connectivity index (χ2v) is 10.9. The highest BCUT2D eigenvalue weighted by atomic mass is 35.5. The number of alkyl halides is 2. The highest BCUT2D eigenvalue weighted by molar-refractivity contribution is 6.39. The van der Waals surface area contributed by atoms with E-state index in [2.05, 4.69) is 23.7 Å². The minimum atomic E-state index is -2.78. The molecule has 2 saturated heterocycles. The molecule has 4 heterocycles. The second-order valence-electron chi connectivity index (χ2n) is 10.1. The number of nitrogens with zero attached hydrogens (tertiary/aromatic N) is 5. The van der Waals surface area contributed by atoms with Crippen LogP contribution < -0.4 is 0 Å². The van der Waals surface area contributed by atoms with E-state index in [-0.39, 0.29) is 47.7 Å². The molecule has 2 aromatic heterocycles. The van der Waals surface area contributed by atoms with E-state index < -0.39 is 11.8 Å². The van der Waals surface area contributed by atoms with Crippen LogP contribution in [-0.4, -0.2) is 87.3 Å². The van der Waals surface area contributed by atoms with Crippen molar-refractivity contribution in [2.75, 3.05) is 39.3 Å². The number of aromatic nitrogens is 2. The molecule has 2 aliphatic rings. The van der Waals surface area contributed by atoms with Crippen molar-refractivity contribution >= 4 is 45.9 Å². The van der Waals surface area contributed by atoms with Gasteiger partial charge in [-0.2, -0.15) is 0 Å². The molecule has 2 amide bonds. The number of fused-ring (bicyclic) bond motifs is 1. The lowest BCUT2D eigenvalue weighted by Crippen LogP contribution is -2.50. The predicted molar refractivity (Wildman–Crippen MR) is 144 cm³/mol. The van der Waals surface area contributed by atoms with Gasteiger partial charge in [-0.25, -0.2) is 13.8 Å². The molecule has 38 heavy (non-hydrogen) atoms. The highest BCUT2D eigenvalue weighted by Crippen LogP contribution is 2.35. The lowest BCUT2D eigenvalue weighted by molar-refractivity contribution is -0.0495. The van der Waals surface area contributed by atoms with Crippen molar-refractivity contribution in [3.8, 4) is 5.69 Å². The maximum absolute atomic E-state index is 13.8. The summed E-state index contributed by atoms with van der Waals surface area (Å²) in [6.07, 6.45) is 0.753. The SMILES string of the molecule is CC(C)N1CCN(C(=O)c2ccc3c(cc(C(=O)N4CCC(F)(F)CC4)n3-c3ccnc(Cl)c3)c2Cl)CC1. The number of hydrogen-bond donors (Lipinski definition) is 0. The number of pyridine rings is 1. The van der Waals surface area contributed by atoms with E-state index in [0.717, 1.165) is 13.1 Å². The van der Waals surface area contributed by atoms with E-state index in [1.165, 1.54) is 11.1 Å². The van der Waals surface area contributed by atoms with E-state index in [0.29, 0.717) is 41.3 Å². The Morgan fingerprint density at radius 2 is 1.58 bits per heavy atom. The third-order valence-corrected chi connectivity index (χ3v) is 8.07. The van der Waals surface area contributed by atoms with Crippen molar-refractivity contribution in [1.29, 1.82) is 0 Å². The van der Waals surface area contributed by atoms with Crippen molar-refractivity contribution < 1.29 is 18.4 Å². The number of halogens is 4. The molecule has 0 saturated carbocycles. The zero-order valence-corrected chi connectivity index (χ0v) is 22.8. The Morgan fingerprint density at radius 3 is 2.21 bits per heavy atom. The highest BCUT2D eigenvalue weighted by Gasteiger charge is 2.37. The van der Waals surface area contributed by atoms with Gasteiger partial charge in [-0.15, -0.1) is 0 Å². The lowest BCUT2D eigenvalue weighted by Gasteiger charge is -2.37. The van der Waals surface area contributed by atoms with Crippen molar-refractivity contribution in [3.05, 3.63) is 58.0 Å². The third kappa shape index (κ3) is 5.11. The largest absolute Gasteiger partial charge is 0.337 e. The number of carbonyl (C=O) groups excluding carboxylic acids is 2. The van der Waals surface area contributed by atoms with Crippen LogP contribution in [0.15, 0.2) is 36.5 Å². The zero-order valence-electron chi connectivity index (χ0n) is 21.3. The van der Waals surface area contributed by atoms with E-state index >= 15 is 0 Å². The summed E-state index contributed by atoms with van der Waals surface area (Å²) in [5, 5.41) is 1.01. The maximum atomic E-state index is 13.8. The van der Waals surface area contributed by atoms with E-state index in [9.17, 15) is 18.4 Å². The zero-order chi connectivity index (χ0) is 27.2. The summed E-state index contributed by atoms with van der Waals surface area (Å²) in [5.74, 6) is -3.33. The Morgan fingerprint density at radius 1 is 0.921 bits per heavy atom. The quantitative estimate of drug-likeness (QED) is 0.400. The number of piperazine rings is 1. The molecule has 5 rings (SSSR count). The van der Waals surface area contributed by atoms with Crippen LogP contribution in [0.4, 0.5) is 8.78 Å². The molecule has 0 atom stereocenters. The number of piperidine rings is 1. The summed E-state index contributed by atoms with van der Waals surface area (Å²) < 4.78 is 29.2. The van der Waals surface area contributed by atoms with Gasteiger partial charge in [0.25, 0.3) is 17.7 Å². The first kappa shape index (κ1) is 26.8. The monoisotopic (exact) mass is 563 g/mol. The first-order valence-corrected chi connectivity index (χ1v) is 13.5. The molecular weight excluding hydrogens is 535 g/mol. The molecule has 1 aromatic carbocycles. The molecule has 0 aliphatic carbocycles. The van der Waals surface area contributed by atoms with Gasteiger partial charge in [-0.05, 0) is 44.2 Å². The number of rotatable bonds is 4. The van der Waals surface area contributed by atoms with E-state index in [1.54, 1.807) is 39.8 Å². The minimum Gasteiger partial charge on any atom is -0.337 e. The van der Waals surface area contributed by atoms with Crippen LogP contribution in [0.1, 0.15) is 47.5 Å². The molecule has 0 radical (unpaired) electrons. The number of carbonyl (C=O) groups is 2. The van der Waals surface area contributed by atoms with Gasteiger partial charge in [-0.3, -0.25) is 14.5 Å². The summed E-state index contributed by atoms with van der Waals surface area (Å²) in [6, 6.07) is 8.80. The van der Waals surface area contributed by atoms with Crippen LogP contribution in [0, 0.1) is 0 Å². The van der Waals surface area contributed by atoms with Crippen LogP contribution in [0.2, 0.25) is 10.2 Å². The fourth-order valence-corrected chi connectivity index (χ4v) is 5.65. The smallest absolute Gasteiger partial charge is 0.270 e. The molecule has 2 fully saturated rings. The number of hydrogen-bond acceptors (Lipinski definition) is 4. The van der Waals surface area contributed by atoms with Gasteiger partial charge < -0.3 is 14.4 Å². The van der Waals surface area contributed by atoms with Crippen molar-refractivity contribution in [3.63, 3.8) is 0 Å². The summed E-state index contributed by atoms with van der Waals surface area (Å²) in [6.45, 7) is 6.95. The van der Waals surface area contributed by atoms with Gasteiger partial charge in [0.1, 0.15) is 10.8 Å². The molecule has 7 nitrogen and oxygen atoms in total. The third-order valence-electron chi connectivity index (χ3n) is 7.45. The second kappa shape index (κ2) is 10.4. The lowest BCUT2D eigenvalue weighted by atomic mass is 10.1. The molecule has 11 heteroatoms. The Balaban J connectivity index is 1.54. The topological polar surface area (TPSA) is 61.7 Å². The van der Waals surface area contributed by atoms with Crippen molar-refractivity contribution in [2.24, 2.45) is 0 Å². The van der Waals surface area contributed by atoms with Crippen LogP contribution in [0.25, 0.3) is 16.6 Å². The molecule has 0 bridgehead atoms. The van der Waals surface area contributed by atoms with E-state index in [4.69, 9.17) is 23.2 Å². The normalized spacial score (nSPS) is 18.4. The van der Waals surface area contributed by atoms with Gasteiger partial charge in [0, 0.05) is 69.7 Å². The average molecular weight is 564 g/mol. The fourth-order valence-electron chi connectivity index (χ4n) is 5.19. The standard InChI is InChI=1S/C27H29Cl2F2N5O2/c1-17(2)33-11-13-35(14-12-33)25(37)19-3-4-21-20(24(19)29)16-22(36(21)18-5-8-32-23(28)15-18)26(38)34-9-6-27(30,31)7-10-34/h3-5,8,15-17H,6-7,9-14H2,1-2H3. The predicted octanol–water partition coefficient (Wildman–Crippen LogP) is 5.37. The van der Waals surface area contributed by atoms with Gasteiger partial charge in [0.05, 0.1) is 21.8 Å². The van der Waals surface area contributed by atoms with Crippen LogP contribution in [0.3, 0.4) is 0 Å². The summed E-state index contributed by atoms with van der Waals surface area (Å²) >= 11 is 13.0. The average Bonchev–Trinajstić information content (AvgIpc) is 3.29. The minimum absolute atomic E-state index is 0.0513. The molecular formula is C27H29Cl2F2N5O2. The summed E-state index contributed by atoms with van der Waals surface area (Å²) in [4.78, 5) is 36.6. The Bertz CT molecular complexity index is 1380.